The number of nitrogens with two attached hydrogens (primary N) is 1. The molecule has 1 aromatic heterocycles. The summed E-state index contributed by atoms with van der Waals surface area (Å²) >= 11 is 0. The van der Waals surface area contributed by atoms with Crippen molar-refractivity contribution in [2.24, 2.45) is 12.8 Å². The van der Waals surface area contributed by atoms with Crippen LogP contribution >= 0.6 is 12.4 Å². The summed E-state index contributed by atoms with van der Waals surface area (Å²) in [6, 6.07) is 0. The third kappa shape index (κ3) is 1.65. The minimum atomic E-state index is 0. The number of aromatic nitrogens is 3. The standard InChI is InChI=1S/C4H8N4.ClH/c1-8-3-6-7-4(8)2-5;/h3H,2,5H2,1H3;1H. The van der Waals surface area contributed by atoms with Crippen LogP contribution in [0.5, 0.6) is 0 Å². The summed E-state index contributed by atoms with van der Waals surface area (Å²) in [6.07, 6.45) is 1.63. The van der Waals surface area contributed by atoms with Gasteiger partial charge in [-0.3, -0.25) is 0 Å². The fraction of sp³-hybridized carbons (Fsp3) is 0.500. The lowest BCUT2D eigenvalue weighted by molar-refractivity contribution is 0.792. The van der Waals surface area contributed by atoms with Crippen LogP contribution in [-0.2, 0) is 13.6 Å². The van der Waals surface area contributed by atoms with Gasteiger partial charge in [0.15, 0.2) is 0 Å². The molecule has 0 radical (unpaired) electrons. The zero-order chi connectivity index (χ0) is 5.98. The number of hydrogen-bond acceptors (Lipinski definition) is 3. The average molecular weight is 149 g/mol. The molecule has 0 bridgehead atoms. The second-order valence-corrected chi connectivity index (χ2v) is 1.56. The average Bonchev–Trinajstić information content (AvgIpc) is 2.14. The van der Waals surface area contributed by atoms with E-state index in [1.807, 2.05) is 7.05 Å². The molecule has 1 rings (SSSR count). The first-order valence-corrected chi connectivity index (χ1v) is 2.37. The molecular weight excluding hydrogens is 140 g/mol. The maximum Gasteiger partial charge on any atom is 0.146 e. The highest BCUT2D eigenvalue weighted by atomic mass is 35.5. The van der Waals surface area contributed by atoms with Gasteiger partial charge in [0.1, 0.15) is 12.2 Å². The minimum absolute atomic E-state index is 0. The van der Waals surface area contributed by atoms with Crippen LogP contribution in [0.3, 0.4) is 0 Å². The predicted molar refractivity (Wildman–Crippen MR) is 36.1 cm³/mol. The fourth-order valence-electron chi connectivity index (χ4n) is 0.492. The molecule has 0 aliphatic heterocycles. The highest BCUT2D eigenvalue weighted by molar-refractivity contribution is 5.85. The topological polar surface area (TPSA) is 56.7 Å². The van der Waals surface area contributed by atoms with Crippen molar-refractivity contribution in [3.05, 3.63) is 12.2 Å². The van der Waals surface area contributed by atoms with Gasteiger partial charge in [0.2, 0.25) is 0 Å². The van der Waals surface area contributed by atoms with Crippen molar-refractivity contribution in [2.45, 2.75) is 6.54 Å². The third-order valence-corrected chi connectivity index (χ3v) is 0.988. The molecule has 0 aliphatic rings. The number of rotatable bonds is 1. The number of nitrogens with zero attached hydrogens (tertiary/aromatic N) is 3. The molecule has 0 aromatic carbocycles. The highest BCUT2D eigenvalue weighted by Gasteiger charge is 1.92. The van der Waals surface area contributed by atoms with E-state index in [0.29, 0.717) is 6.54 Å². The second-order valence-electron chi connectivity index (χ2n) is 1.56. The Morgan fingerprint density at radius 3 is 2.67 bits per heavy atom. The van der Waals surface area contributed by atoms with Gasteiger partial charge in [0, 0.05) is 7.05 Å². The van der Waals surface area contributed by atoms with Crippen LogP contribution < -0.4 is 5.73 Å². The maximum atomic E-state index is 5.27. The van der Waals surface area contributed by atoms with Crippen LogP contribution in [0.15, 0.2) is 6.33 Å². The number of halogens is 1. The van der Waals surface area contributed by atoms with Gasteiger partial charge in [-0.25, -0.2) is 0 Å². The molecule has 2 N–H and O–H groups in total. The van der Waals surface area contributed by atoms with E-state index in [2.05, 4.69) is 10.2 Å². The molecular formula is C4H9ClN4. The monoisotopic (exact) mass is 148 g/mol. The number of hydrogen-bond donors (Lipinski definition) is 1. The van der Waals surface area contributed by atoms with Crippen LogP contribution in [0, 0.1) is 0 Å². The van der Waals surface area contributed by atoms with E-state index in [9.17, 15) is 0 Å². The highest BCUT2D eigenvalue weighted by Crippen LogP contribution is 1.85. The quantitative estimate of drug-likeness (QED) is 0.595. The fourth-order valence-corrected chi connectivity index (χ4v) is 0.492. The Bertz CT molecular complexity index is 173. The van der Waals surface area contributed by atoms with Crippen LogP contribution in [0.25, 0.3) is 0 Å². The molecule has 5 heteroatoms. The van der Waals surface area contributed by atoms with Gasteiger partial charge in [-0.2, -0.15) is 0 Å². The van der Waals surface area contributed by atoms with Crippen molar-refractivity contribution in [2.75, 3.05) is 0 Å². The van der Waals surface area contributed by atoms with Crippen molar-refractivity contribution in [1.82, 2.24) is 14.8 Å². The summed E-state index contributed by atoms with van der Waals surface area (Å²) < 4.78 is 1.79. The summed E-state index contributed by atoms with van der Waals surface area (Å²) in [4.78, 5) is 0. The molecule has 1 heterocycles. The molecule has 0 saturated heterocycles. The molecule has 0 amide bonds. The molecule has 0 saturated carbocycles. The summed E-state index contributed by atoms with van der Waals surface area (Å²) in [5.74, 6) is 0.810. The van der Waals surface area contributed by atoms with Crippen molar-refractivity contribution in [3.63, 3.8) is 0 Å². The maximum absolute atomic E-state index is 5.27. The largest absolute Gasteiger partial charge is 0.324 e. The lowest BCUT2D eigenvalue weighted by Crippen LogP contribution is -2.03. The molecule has 1 aromatic rings. The lowest BCUT2D eigenvalue weighted by atomic mass is 10.6. The molecule has 0 atom stereocenters. The molecule has 0 fully saturated rings. The van der Waals surface area contributed by atoms with E-state index in [0.717, 1.165) is 5.82 Å². The van der Waals surface area contributed by atoms with Gasteiger partial charge in [-0.15, -0.1) is 22.6 Å². The normalized spacial score (nSPS) is 8.67. The first-order chi connectivity index (χ1) is 3.84. The zero-order valence-electron chi connectivity index (χ0n) is 5.11. The Labute approximate surface area is 59.5 Å². The third-order valence-electron chi connectivity index (χ3n) is 0.988. The molecule has 4 nitrogen and oxygen atoms in total. The molecule has 52 valence electrons. The molecule has 9 heavy (non-hydrogen) atoms. The Morgan fingerprint density at radius 1 is 1.78 bits per heavy atom. The van der Waals surface area contributed by atoms with E-state index < -0.39 is 0 Å². The Hall–Kier alpha value is -0.610. The Balaban J connectivity index is 0.000000640. The van der Waals surface area contributed by atoms with Gasteiger partial charge >= 0.3 is 0 Å². The van der Waals surface area contributed by atoms with Gasteiger partial charge in [0.05, 0.1) is 6.54 Å². The zero-order valence-corrected chi connectivity index (χ0v) is 5.93. The van der Waals surface area contributed by atoms with Crippen molar-refractivity contribution < 1.29 is 0 Å². The SMILES string of the molecule is Cl.Cn1cnnc1CN. The lowest BCUT2D eigenvalue weighted by Gasteiger charge is -1.90. The van der Waals surface area contributed by atoms with E-state index in [1.54, 1.807) is 10.9 Å². The van der Waals surface area contributed by atoms with Gasteiger partial charge in [-0.1, -0.05) is 0 Å². The molecule has 0 spiro atoms. The Morgan fingerprint density at radius 2 is 2.44 bits per heavy atom. The van der Waals surface area contributed by atoms with Gasteiger partial charge < -0.3 is 10.3 Å². The number of aryl methyl sites for hydroxylation is 1. The van der Waals surface area contributed by atoms with E-state index in [-0.39, 0.29) is 12.4 Å². The van der Waals surface area contributed by atoms with Gasteiger partial charge in [-0.05, 0) is 0 Å². The van der Waals surface area contributed by atoms with Crippen LogP contribution in [-0.4, -0.2) is 14.8 Å². The van der Waals surface area contributed by atoms with Crippen molar-refractivity contribution >= 4 is 12.4 Å². The second kappa shape index (κ2) is 3.42. The van der Waals surface area contributed by atoms with E-state index >= 15 is 0 Å². The van der Waals surface area contributed by atoms with Crippen LogP contribution in [0.1, 0.15) is 5.82 Å². The van der Waals surface area contributed by atoms with Crippen LogP contribution in [0.2, 0.25) is 0 Å². The van der Waals surface area contributed by atoms with Crippen molar-refractivity contribution in [3.8, 4) is 0 Å². The molecule has 0 aliphatic carbocycles. The van der Waals surface area contributed by atoms with E-state index in [1.165, 1.54) is 0 Å². The van der Waals surface area contributed by atoms with Crippen LogP contribution in [0.4, 0.5) is 0 Å². The van der Waals surface area contributed by atoms with E-state index in [4.69, 9.17) is 5.73 Å². The van der Waals surface area contributed by atoms with Gasteiger partial charge in [0.25, 0.3) is 0 Å². The minimum Gasteiger partial charge on any atom is -0.324 e. The summed E-state index contributed by atoms with van der Waals surface area (Å²) in [5.41, 5.74) is 5.27. The smallest absolute Gasteiger partial charge is 0.146 e. The summed E-state index contributed by atoms with van der Waals surface area (Å²) in [7, 11) is 1.86. The summed E-state index contributed by atoms with van der Waals surface area (Å²) in [5, 5.41) is 7.35. The van der Waals surface area contributed by atoms with Crippen molar-refractivity contribution in [1.29, 1.82) is 0 Å². The first-order valence-electron chi connectivity index (χ1n) is 2.37. The molecule has 0 unspecified atom stereocenters. The predicted octanol–water partition coefficient (Wildman–Crippen LogP) is -0.304. The Kier molecular flexibility index (Phi) is 3.19. The summed E-state index contributed by atoms with van der Waals surface area (Å²) in [6.45, 7) is 0.455. The first kappa shape index (κ1) is 8.39.